The summed E-state index contributed by atoms with van der Waals surface area (Å²) in [6, 6.07) is 19.0. The number of hydrogen-bond donors (Lipinski definition) is 0. The molecule has 3 heterocycles. The average Bonchev–Trinajstić information content (AvgIpc) is 3.11. The Labute approximate surface area is 165 Å². The molecule has 2 aromatic rings. The second-order valence-electron chi connectivity index (χ2n) is 8.13. The standard InChI is InChI=1S/C23H28N2O.CH4.H2/c1-26-22-12-9-17-7-8-18(23(17)13-22)14-24-15-21-11-10-20(24)16-25(21)19-5-3-2-4-6-19;;/h2-6,9,12-13,18,20-21H,7-8,10-11,14-16H2,1H3;1H4;1H/t18-,20?,21-;;/m0../s1. The molecule has 3 nitrogen and oxygen atoms in total. The second-order valence-corrected chi connectivity index (χ2v) is 8.13. The Hall–Kier alpha value is -2.00. The smallest absolute Gasteiger partial charge is 0.119 e. The summed E-state index contributed by atoms with van der Waals surface area (Å²) >= 11 is 0. The number of ether oxygens (including phenoxy) is 1. The number of aryl methyl sites for hydroxylation is 1. The molecule has 3 atom stereocenters. The molecule has 0 aromatic heterocycles. The number of piperazine rings is 1. The van der Waals surface area contributed by atoms with Crippen LogP contribution in [0.15, 0.2) is 48.5 Å². The maximum atomic E-state index is 5.47. The van der Waals surface area contributed by atoms with E-state index in [1.165, 1.54) is 62.1 Å². The Morgan fingerprint density at radius 3 is 2.56 bits per heavy atom. The zero-order chi connectivity index (χ0) is 17.5. The first-order valence-corrected chi connectivity index (χ1v) is 10.0. The molecule has 1 unspecified atom stereocenters. The summed E-state index contributed by atoms with van der Waals surface area (Å²) < 4.78 is 5.47. The summed E-state index contributed by atoms with van der Waals surface area (Å²) in [5.74, 6) is 1.68. The van der Waals surface area contributed by atoms with Crippen LogP contribution in [0.25, 0.3) is 0 Å². The van der Waals surface area contributed by atoms with Gasteiger partial charge in [0, 0.05) is 38.8 Å². The van der Waals surface area contributed by atoms with Gasteiger partial charge in [-0.05, 0) is 67.0 Å². The summed E-state index contributed by atoms with van der Waals surface area (Å²) in [5.41, 5.74) is 4.47. The first-order valence-electron chi connectivity index (χ1n) is 10.0. The molecule has 3 aliphatic heterocycles. The van der Waals surface area contributed by atoms with Gasteiger partial charge in [-0.25, -0.2) is 0 Å². The normalized spacial score (nSPS) is 26.6. The van der Waals surface area contributed by atoms with Gasteiger partial charge < -0.3 is 9.64 Å². The van der Waals surface area contributed by atoms with Gasteiger partial charge in [0.15, 0.2) is 0 Å². The predicted octanol–water partition coefficient (Wildman–Crippen LogP) is 4.96. The molecule has 2 bridgehead atoms. The lowest BCUT2D eigenvalue weighted by Crippen LogP contribution is -2.63. The van der Waals surface area contributed by atoms with E-state index in [0.717, 1.165) is 5.75 Å². The highest BCUT2D eigenvalue weighted by Crippen LogP contribution is 2.39. The van der Waals surface area contributed by atoms with Crippen LogP contribution in [0.5, 0.6) is 5.75 Å². The molecule has 0 radical (unpaired) electrons. The van der Waals surface area contributed by atoms with E-state index in [9.17, 15) is 0 Å². The van der Waals surface area contributed by atoms with Gasteiger partial charge in [-0.3, -0.25) is 4.90 Å². The van der Waals surface area contributed by atoms with Crippen LogP contribution in [0.4, 0.5) is 5.69 Å². The van der Waals surface area contributed by atoms with Gasteiger partial charge in [0.05, 0.1) is 7.11 Å². The van der Waals surface area contributed by atoms with Crippen LogP contribution in [0.3, 0.4) is 0 Å². The third-order valence-corrected chi connectivity index (χ3v) is 6.74. The van der Waals surface area contributed by atoms with Crippen LogP contribution >= 0.6 is 0 Å². The van der Waals surface area contributed by atoms with Crippen molar-refractivity contribution in [1.82, 2.24) is 4.90 Å². The van der Waals surface area contributed by atoms with E-state index in [0.29, 0.717) is 18.0 Å². The number of anilines is 1. The number of fused-ring (bicyclic) bond motifs is 4. The first-order chi connectivity index (χ1) is 12.8. The number of para-hydroxylation sites is 1. The van der Waals surface area contributed by atoms with Crippen molar-refractivity contribution in [1.29, 1.82) is 0 Å². The Balaban J connectivity index is 0.00000112. The van der Waals surface area contributed by atoms with Crippen LogP contribution in [-0.4, -0.2) is 43.7 Å². The monoisotopic (exact) mass is 366 g/mol. The molecule has 0 spiro atoms. The largest absolute Gasteiger partial charge is 0.497 e. The van der Waals surface area contributed by atoms with Gasteiger partial charge in [-0.1, -0.05) is 31.7 Å². The van der Waals surface area contributed by atoms with Gasteiger partial charge in [0.1, 0.15) is 5.75 Å². The molecule has 1 aliphatic carbocycles. The van der Waals surface area contributed by atoms with Crippen LogP contribution in [0, 0.1) is 0 Å². The lowest BCUT2D eigenvalue weighted by molar-refractivity contribution is 0.0894. The topological polar surface area (TPSA) is 15.7 Å². The Morgan fingerprint density at radius 1 is 1.00 bits per heavy atom. The highest BCUT2D eigenvalue weighted by Gasteiger charge is 2.40. The van der Waals surface area contributed by atoms with Crippen LogP contribution in [-0.2, 0) is 6.42 Å². The molecule has 146 valence electrons. The van der Waals surface area contributed by atoms with E-state index in [1.807, 2.05) is 0 Å². The van der Waals surface area contributed by atoms with Crippen molar-refractivity contribution in [2.75, 3.05) is 31.6 Å². The van der Waals surface area contributed by atoms with Gasteiger partial charge in [-0.2, -0.15) is 0 Å². The number of rotatable bonds is 4. The predicted molar refractivity (Wildman–Crippen MR) is 115 cm³/mol. The molecular formula is C24H34N2O. The minimum Gasteiger partial charge on any atom is -0.497 e. The molecule has 4 aliphatic rings. The van der Waals surface area contributed by atoms with E-state index >= 15 is 0 Å². The third-order valence-electron chi connectivity index (χ3n) is 6.74. The summed E-state index contributed by atoms with van der Waals surface area (Å²) in [5, 5.41) is 0. The first kappa shape index (κ1) is 18.4. The van der Waals surface area contributed by atoms with Crippen molar-refractivity contribution in [3.8, 4) is 5.75 Å². The maximum Gasteiger partial charge on any atom is 0.119 e. The Kier molecular flexibility index (Phi) is 5.14. The van der Waals surface area contributed by atoms with Crippen LogP contribution in [0.2, 0.25) is 0 Å². The van der Waals surface area contributed by atoms with Gasteiger partial charge in [0.2, 0.25) is 0 Å². The summed E-state index contributed by atoms with van der Waals surface area (Å²) in [7, 11) is 1.77. The highest BCUT2D eigenvalue weighted by atomic mass is 16.5. The Morgan fingerprint density at radius 2 is 1.81 bits per heavy atom. The average molecular weight is 367 g/mol. The van der Waals surface area contributed by atoms with Crippen LogP contribution in [0.1, 0.15) is 45.2 Å². The van der Waals surface area contributed by atoms with E-state index < -0.39 is 0 Å². The molecule has 2 aromatic carbocycles. The lowest BCUT2D eigenvalue weighted by atomic mass is 9.88. The fourth-order valence-corrected chi connectivity index (χ4v) is 5.34. The molecule has 3 saturated heterocycles. The van der Waals surface area contributed by atoms with Crippen molar-refractivity contribution < 1.29 is 6.16 Å². The maximum absolute atomic E-state index is 5.47. The zero-order valence-electron chi connectivity index (χ0n) is 15.6. The summed E-state index contributed by atoms with van der Waals surface area (Å²) in [4.78, 5) is 5.43. The second kappa shape index (κ2) is 7.55. The third kappa shape index (κ3) is 3.34. The quantitative estimate of drug-likeness (QED) is 0.760. The van der Waals surface area contributed by atoms with Crippen molar-refractivity contribution in [2.45, 2.75) is 51.1 Å². The number of methoxy groups -OCH3 is 1. The van der Waals surface area contributed by atoms with Crippen molar-refractivity contribution >= 4 is 5.69 Å². The fourth-order valence-electron chi connectivity index (χ4n) is 5.34. The molecule has 6 rings (SSSR count). The number of benzene rings is 2. The Bertz CT molecular complexity index is 781. The van der Waals surface area contributed by atoms with Crippen LogP contribution < -0.4 is 9.64 Å². The highest BCUT2D eigenvalue weighted by molar-refractivity contribution is 5.49. The van der Waals surface area contributed by atoms with E-state index in [1.54, 1.807) is 7.11 Å². The van der Waals surface area contributed by atoms with E-state index in [4.69, 9.17) is 4.74 Å². The number of piperidine rings is 2. The molecule has 0 N–H and O–H groups in total. The molecule has 0 saturated carbocycles. The molecule has 0 amide bonds. The van der Waals surface area contributed by atoms with Gasteiger partial charge in [0.25, 0.3) is 0 Å². The molecular weight excluding hydrogens is 332 g/mol. The minimum atomic E-state index is 0. The zero-order valence-corrected chi connectivity index (χ0v) is 15.6. The lowest BCUT2D eigenvalue weighted by Gasteiger charge is -2.53. The van der Waals surface area contributed by atoms with Gasteiger partial charge in [-0.15, -0.1) is 0 Å². The summed E-state index contributed by atoms with van der Waals surface area (Å²) in [6.07, 6.45) is 5.21. The van der Waals surface area contributed by atoms with E-state index in [2.05, 4.69) is 58.3 Å². The molecule has 3 fully saturated rings. The molecule has 27 heavy (non-hydrogen) atoms. The summed E-state index contributed by atoms with van der Waals surface area (Å²) in [6.45, 7) is 3.62. The number of hydrogen-bond acceptors (Lipinski definition) is 3. The number of nitrogens with zero attached hydrogens (tertiary/aromatic N) is 2. The fraction of sp³-hybridized carbons (Fsp3) is 0.500. The van der Waals surface area contributed by atoms with Gasteiger partial charge >= 0.3 is 0 Å². The molecule has 3 heteroatoms. The van der Waals surface area contributed by atoms with Crippen molar-refractivity contribution in [2.24, 2.45) is 0 Å². The minimum absolute atomic E-state index is 0. The van der Waals surface area contributed by atoms with Crippen molar-refractivity contribution in [3.05, 3.63) is 59.7 Å². The SMILES string of the molecule is C.COc1ccc2c(c1)[C@H](CN1C[C@@H]3CCC1CN3c1ccccc1)CC2.[HH]. The van der Waals surface area contributed by atoms with Crippen molar-refractivity contribution in [3.63, 3.8) is 0 Å². The van der Waals surface area contributed by atoms with E-state index in [-0.39, 0.29) is 8.85 Å².